The number of hydrogen-bond donors (Lipinski definition) is 2. The molecule has 4 aromatic carbocycles. The molecule has 0 aliphatic rings. The summed E-state index contributed by atoms with van der Waals surface area (Å²) in [4.78, 5) is 30.1. The van der Waals surface area contributed by atoms with E-state index in [9.17, 15) is 9.59 Å². The first-order chi connectivity index (χ1) is 23.6. The van der Waals surface area contributed by atoms with E-state index in [0.29, 0.717) is 12.1 Å². The Kier molecular flexibility index (Phi) is 11.4. The van der Waals surface area contributed by atoms with Gasteiger partial charge in [-0.2, -0.15) is 10.2 Å². The van der Waals surface area contributed by atoms with Crippen molar-refractivity contribution in [1.29, 1.82) is 0 Å². The molecule has 0 spiro atoms. The topological polar surface area (TPSA) is 116 Å². The Hall–Kier alpha value is -5.58. The number of carbonyl (C=O) groups is 2. The first-order valence-electron chi connectivity index (χ1n) is 15.8. The molecular weight excluding hydrogens is 633 g/mol. The van der Waals surface area contributed by atoms with Gasteiger partial charge in [-0.25, -0.2) is 9.59 Å². The maximum Gasteiger partial charge on any atom is 0.335 e. The molecule has 0 radical (unpaired) electrons. The highest BCUT2D eigenvalue weighted by Gasteiger charge is 2.19. The van der Waals surface area contributed by atoms with Gasteiger partial charge in [0.05, 0.1) is 34.5 Å². The van der Waals surface area contributed by atoms with E-state index in [2.05, 4.69) is 59.4 Å². The third kappa shape index (κ3) is 8.86. The van der Waals surface area contributed by atoms with E-state index < -0.39 is 12.0 Å². The number of likely N-dealkylation sites (N-methyl/N-ethyl adjacent to an activating group) is 1. The fourth-order valence-electron chi connectivity index (χ4n) is 5.53. The number of carbonyl (C=O) groups excluding carboxylic acids is 1. The number of hydrogen-bond acceptors (Lipinski definition) is 7. The molecule has 250 valence electrons. The lowest BCUT2D eigenvalue weighted by Crippen LogP contribution is -2.31. The quantitative estimate of drug-likeness (QED) is 0.151. The number of anilines is 3. The highest BCUT2D eigenvalue weighted by atomic mass is 32.1. The Balaban J connectivity index is 0.000000452. The van der Waals surface area contributed by atoms with Gasteiger partial charge in [-0.1, -0.05) is 60.7 Å². The van der Waals surface area contributed by atoms with Gasteiger partial charge in [0.2, 0.25) is 0 Å². The number of nitrogens with two attached hydrogens (primary N) is 1. The van der Waals surface area contributed by atoms with Crippen LogP contribution in [0.3, 0.4) is 0 Å². The van der Waals surface area contributed by atoms with Crippen LogP contribution in [-0.4, -0.2) is 59.9 Å². The van der Waals surface area contributed by atoms with Gasteiger partial charge in [0, 0.05) is 36.8 Å². The maximum atomic E-state index is 12.8. The minimum atomic E-state index is -0.879. The van der Waals surface area contributed by atoms with Gasteiger partial charge in [-0.05, 0) is 91.0 Å². The van der Waals surface area contributed by atoms with Gasteiger partial charge in [0.25, 0.3) is 0 Å². The Morgan fingerprint density at radius 3 is 2.12 bits per heavy atom. The molecule has 3 N–H and O–H groups in total. The van der Waals surface area contributed by atoms with Crippen LogP contribution in [0.1, 0.15) is 26.5 Å². The smallest absolute Gasteiger partial charge is 0.335 e. The van der Waals surface area contributed by atoms with Crippen LogP contribution in [-0.2, 0) is 13.0 Å². The number of thiophene rings is 1. The van der Waals surface area contributed by atoms with Gasteiger partial charge >= 0.3 is 12.0 Å². The van der Waals surface area contributed by atoms with Crippen LogP contribution in [0, 0.1) is 6.92 Å². The molecule has 9 nitrogen and oxygen atoms in total. The molecule has 0 bridgehead atoms. The van der Waals surface area contributed by atoms with Gasteiger partial charge in [0.15, 0.2) is 0 Å². The summed E-state index contributed by atoms with van der Waals surface area (Å²) in [7, 11) is 6.11. The van der Waals surface area contributed by atoms with Crippen molar-refractivity contribution in [2.24, 2.45) is 5.73 Å². The molecule has 0 saturated heterocycles. The molecular formula is C39H40N6O3S. The summed E-state index contributed by atoms with van der Waals surface area (Å²) >= 11 is 1.78. The number of carboxylic acid groups (broad SMARTS) is 1. The largest absolute Gasteiger partial charge is 0.478 e. The van der Waals surface area contributed by atoms with E-state index in [4.69, 9.17) is 10.8 Å². The van der Waals surface area contributed by atoms with Crippen molar-refractivity contribution in [2.45, 2.75) is 19.9 Å². The van der Waals surface area contributed by atoms with Crippen molar-refractivity contribution in [2.75, 3.05) is 37.5 Å². The zero-order chi connectivity index (χ0) is 34.9. The number of rotatable bonds is 10. The number of urea groups is 1. The number of aromatic carboxylic acids is 1. The van der Waals surface area contributed by atoms with Crippen molar-refractivity contribution in [3.05, 3.63) is 137 Å². The summed E-state index contributed by atoms with van der Waals surface area (Å²) < 4.78 is 1.20. The molecule has 2 amide bonds. The lowest BCUT2D eigenvalue weighted by Gasteiger charge is -2.22. The summed E-state index contributed by atoms with van der Waals surface area (Å²) in [6.07, 6.45) is 2.65. The zero-order valence-electron chi connectivity index (χ0n) is 28.1. The number of aryl methyl sites for hydroxylation is 1. The molecule has 0 unspecified atom stereocenters. The fraction of sp³-hybridized carbons (Fsp3) is 0.179. The molecule has 2 heterocycles. The SMILES string of the molecule is Cc1sc2ccc(N(C(N)=O)c3cccc(-c4ccccc4)c3)cc2c1CCN(C)Cc1cc(N(C)C)cnn1.O=C(O)c1ccccc1. The maximum absolute atomic E-state index is 12.8. The minimum absolute atomic E-state index is 0.331. The molecule has 6 aromatic rings. The lowest BCUT2D eigenvalue weighted by molar-refractivity contribution is 0.0697. The monoisotopic (exact) mass is 672 g/mol. The summed E-state index contributed by atoms with van der Waals surface area (Å²) in [5.41, 5.74) is 13.2. The van der Waals surface area contributed by atoms with Gasteiger partial charge < -0.3 is 20.6 Å². The Labute approximate surface area is 290 Å². The molecule has 2 aromatic heterocycles. The molecule has 0 aliphatic heterocycles. The Morgan fingerprint density at radius 1 is 0.796 bits per heavy atom. The second-order valence-electron chi connectivity index (χ2n) is 11.9. The van der Waals surface area contributed by atoms with Crippen LogP contribution in [0.2, 0.25) is 0 Å². The van der Waals surface area contributed by atoms with Crippen LogP contribution >= 0.6 is 11.3 Å². The zero-order valence-corrected chi connectivity index (χ0v) is 28.9. The van der Waals surface area contributed by atoms with E-state index in [1.165, 1.54) is 15.1 Å². The summed E-state index contributed by atoms with van der Waals surface area (Å²) in [6.45, 7) is 3.75. The van der Waals surface area contributed by atoms with Crippen LogP contribution in [0.25, 0.3) is 21.2 Å². The van der Waals surface area contributed by atoms with E-state index in [0.717, 1.165) is 52.2 Å². The van der Waals surface area contributed by atoms with E-state index >= 15 is 0 Å². The van der Waals surface area contributed by atoms with Crippen LogP contribution in [0.5, 0.6) is 0 Å². The lowest BCUT2D eigenvalue weighted by atomic mass is 10.0. The van der Waals surface area contributed by atoms with Crippen molar-refractivity contribution in [3.63, 3.8) is 0 Å². The number of fused-ring (bicyclic) bond motifs is 1. The van der Waals surface area contributed by atoms with Gasteiger partial charge in [-0.3, -0.25) is 4.90 Å². The second kappa shape index (κ2) is 16.0. The number of amides is 2. The predicted octanol–water partition coefficient (Wildman–Crippen LogP) is 8.01. The summed E-state index contributed by atoms with van der Waals surface area (Å²) in [6, 6.07) is 34.1. The molecule has 0 fully saturated rings. The van der Waals surface area contributed by atoms with Crippen molar-refractivity contribution in [3.8, 4) is 11.1 Å². The summed E-state index contributed by atoms with van der Waals surface area (Å²) in [5, 5.41) is 18.0. The number of nitrogens with zero attached hydrogens (tertiary/aromatic N) is 5. The molecule has 10 heteroatoms. The third-order valence-electron chi connectivity index (χ3n) is 8.07. The first-order valence-corrected chi connectivity index (χ1v) is 16.6. The van der Waals surface area contributed by atoms with E-state index in [1.54, 1.807) is 52.8 Å². The third-order valence-corrected chi connectivity index (χ3v) is 9.20. The predicted molar refractivity (Wildman–Crippen MR) is 200 cm³/mol. The average molecular weight is 673 g/mol. The minimum Gasteiger partial charge on any atom is -0.478 e. The van der Waals surface area contributed by atoms with Crippen molar-refractivity contribution < 1.29 is 14.7 Å². The number of benzene rings is 4. The molecule has 49 heavy (non-hydrogen) atoms. The summed E-state index contributed by atoms with van der Waals surface area (Å²) in [5.74, 6) is -0.879. The molecule has 0 atom stereocenters. The molecule has 0 aliphatic carbocycles. The highest BCUT2D eigenvalue weighted by Crippen LogP contribution is 2.37. The van der Waals surface area contributed by atoms with Crippen molar-refractivity contribution >= 4 is 50.5 Å². The van der Waals surface area contributed by atoms with Crippen LogP contribution < -0.4 is 15.5 Å². The second-order valence-corrected chi connectivity index (χ2v) is 13.1. The molecule has 0 saturated carbocycles. The average Bonchev–Trinajstić information content (AvgIpc) is 3.42. The van der Waals surface area contributed by atoms with Gasteiger partial charge in [-0.15, -0.1) is 11.3 Å². The number of primary amides is 1. The molecule has 6 rings (SSSR count). The normalized spacial score (nSPS) is 10.8. The number of carboxylic acids is 1. The van der Waals surface area contributed by atoms with Crippen LogP contribution in [0.4, 0.5) is 21.9 Å². The van der Waals surface area contributed by atoms with E-state index in [-0.39, 0.29) is 0 Å². The van der Waals surface area contributed by atoms with Crippen LogP contribution in [0.15, 0.2) is 115 Å². The first kappa shape index (κ1) is 34.7. The Morgan fingerprint density at radius 2 is 1.47 bits per heavy atom. The van der Waals surface area contributed by atoms with Gasteiger partial charge in [0.1, 0.15) is 0 Å². The number of aromatic nitrogens is 2. The van der Waals surface area contributed by atoms with E-state index in [1.807, 2.05) is 67.5 Å². The van der Waals surface area contributed by atoms with Crippen molar-refractivity contribution in [1.82, 2.24) is 15.1 Å². The Bertz CT molecular complexity index is 2030. The fourth-order valence-corrected chi connectivity index (χ4v) is 6.62. The standard InChI is InChI=1S/C32H34N6OS.C7H6O2/c1-22-29(15-16-37(4)21-25-18-28(36(2)3)20-34-35-25)30-19-27(13-14-31(30)40-22)38(32(33)39)26-12-8-11-24(17-26)23-9-6-5-7-10-23;8-7(9)6-4-2-1-3-5-6/h5-14,17-20H,15-16,21H2,1-4H3,(H2,33,39);1-5H,(H,8,9). The highest BCUT2D eigenvalue weighted by molar-refractivity contribution is 7.19.